The minimum Gasteiger partial charge on any atom is -0.383 e. The van der Waals surface area contributed by atoms with Crippen molar-refractivity contribution in [3.8, 4) is 0 Å². The number of fused-ring (bicyclic) bond motifs is 1. The molecule has 76 valence electrons. The zero-order valence-corrected chi connectivity index (χ0v) is 8.16. The topological polar surface area (TPSA) is 87.0 Å². The third kappa shape index (κ3) is 1.56. The molecule has 0 spiro atoms. The molecular weight excluding hydrogens is 180 g/mol. The van der Waals surface area contributed by atoms with Crippen molar-refractivity contribution in [1.82, 2.24) is 9.97 Å². The first kappa shape index (κ1) is 9.36. The molecule has 5 nitrogen and oxygen atoms in total. The van der Waals surface area contributed by atoms with Gasteiger partial charge in [-0.05, 0) is 6.92 Å². The number of nitrogens with two attached hydrogens (primary N) is 2. The van der Waals surface area contributed by atoms with Gasteiger partial charge in [0.05, 0.1) is 24.9 Å². The molecule has 0 amide bonds. The first-order valence-corrected chi connectivity index (χ1v) is 4.67. The van der Waals surface area contributed by atoms with Gasteiger partial charge in [-0.25, -0.2) is 9.97 Å². The van der Waals surface area contributed by atoms with Crippen LogP contribution in [0.2, 0.25) is 0 Å². The maximum absolute atomic E-state index is 5.82. The van der Waals surface area contributed by atoms with Gasteiger partial charge in [-0.3, -0.25) is 0 Å². The van der Waals surface area contributed by atoms with Crippen molar-refractivity contribution in [2.75, 3.05) is 12.3 Å². The normalized spacial score (nSPS) is 17.6. The summed E-state index contributed by atoms with van der Waals surface area (Å²) in [5.41, 5.74) is 13.4. The van der Waals surface area contributed by atoms with Gasteiger partial charge in [0.2, 0.25) is 0 Å². The quantitative estimate of drug-likeness (QED) is 0.664. The van der Waals surface area contributed by atoms with Crippen LogP contribution in [0.25, 0.3) is 0 Å². The second-order valence-electron chi connectivity index (χ2n) is 3.48. The number of anilines is 1. The van der Waals surface area contributed by atoms with E-state index < -0.39 is 0 Å². The molecule has 0 radical (unpaired) electrons. The van der Waals surface area contributed by atoms with Gasteiger partial charge in [0.15, 0.2) is 0 Å². The molecule has 0 bridgehead atoms. The number of aromatic nitrogens is 2. The average molecular weight is 194 g/mol. The van der Waals surface area contributed by atoms with Gasteiger partial charge in [0, 0.05) is 12.0 Å². The fourth-order valence-electron chi connectivity index (χ4n) is 1.51. The molecular formula is C9H14N4O. The number of nitrogen functional groups attached to an aromatic ring is 1. The second-order valence-corrected chi connectivity index (χ2v) is 3.48. The minimum absolute atomic E-state index is 0.190. The van der Waals surface area contributed by atoms with Gasteiger partial charge in [-0.2, -0.15) is 0 Å². The van der Waals surface area contributed by atoms with Crippen LogP contribution in [0.4, 0.5) is 5.82 Å². The van der Waals surface area contributed by atoms with Crippen LogP contribution in [0, 0.1) is 0 Å². The molecule has 0 saturated carbocycles. The van der Waals surface area contributed by atoms with Crippen molar-refractivity contribution in [2.45, 2.75) is 26.0 Å². The summed E-state index contributed by atoms with van der Waals surface area (Å²) in [6, 6.07) is -0.190. The molecule has 1 unspecified atom stereocenters. The number of hydrogen-bond acceptors (Lipinski definition) is 5. The summed E-state index contributed by atoms with van der Waals surface area (Å²) in [4.78, 5) is 8.50. The Balaban J connectivity index is 2.46. The Morgan fingerprint density at radius 2 is 2.21 bits per heavy atom. The van der Waals surface area contributed by atoms with Crippen LogP contribution in [0.3, 0.4) is 0 Å². The molecule has 4 N–H and O–H groups in total. The fraction of sp³-hybridized carbons (Fsp3) is 0.556. The number of ether oxygens (including phenoxy) is 1. The highest BCUT2D eigenvalue weighted by molar-refractivity contribution is 5.43. The van der Waals surface area contributed by atoms with Crippen LogP contribution in [-0.4, -0.2) is 16.6 Å². The summed E-state index contributed by atoms with van der Waals surface area (Å²) in [5.74, 6) is 1.14. The van der Waals surface area contributed by atoms with Gasteiger partial charge in [-0.1, -0.05) is 0 Å². The molecule has 1 aliphatic heterocycles. The second kappa shape index (κ2) is 3.51. The number of rotatable bonds is 1. The van der Waals surface area contributed by atoms with Crippen molar-refractivity contribution in [1.29, 1.82) is 0 Å². The Morgan fingerprint density at radius 3 is 2.93 bits per heavy atom. The van der Waals surface area contributed by atoms with E-state index in [2.05, 4.69) is 9.97 Å². The van der Waals surface area contributed by atoms with E-state index in [0.717, 1.165) is 17.7 Å². The zero-order valence-electron chi connectivity index (χ0n) is 8.16. The van der Waals surface area contributed by atoms with E-state index in [1.807, 2.05) is 6.92 Å². The van der Waals surface area contributed by atoms with E-state index in [1.165, 1.54) is 0 Å². The highest BCUT2D eigenvalue weighted by Gasteiger charge is 2.17. The van der Waals surface area contributed by atoms with E-state index in [0.29, 0.717) is 24.9 Å². The van der Waals surface area contributed by atoms with Gasteiger partial charge in [0.1, 0.15) is 11.6 Å². The minimum atomic E-state index is -0.190. The fourth-order valence-corrected chi connectivity index (χ4v) is 1.51. The highest BCUT2D eigenvalue weighted by Crippen LogP contribution is 2.20. The zero-order chi connectivity index (χ0) is 10.1. The molecule has 2 rings (SSSR count). The lowest BCUT2D eigenvalue weighted by molar-refractivity contribution is 0.107. The van der Waals surface area contributed by atoms with Crippen molar-refractivity contribution in [2.24, 2.45) is 5.73 Å². The summed E-state index contributed by atoms with van der Waals surface area (Å²) in [7, 11) is 0. The summed E-state index contributed by atoms with van der Waals surface area (Å²) in [6.07, 6.45) is 0.792. The Hall–Kier alpha value is -1.20. The Kier molecular flexibility index (Phi) is 2.35. The lowest BCUT2D eigenvalue weighted by atomic mass is 10.1. The van der Waals surface area contributed by atoms with Crippen LogP contribution in [0.5, 0.6) is 0 Å². The van der Waals surface area contributed by atoms with Gasteiger partial charge in [0.25, 0.3) is 0 Å². The first-order chi connectivity index (χ1) is 6.68. The van der Waals surface area contributed by atoms with Crippen LogP contribution >= 0.6 is 0 Å². The monoisotopic (exact) mass is 194 g/mol. The number of hydrogen-bond donors (Lipinski definition) is 2. The van der Waals surface area contributed by atoms with Crippen molar-refractivity contribution >= 4 is 5.82 Å². The predicted octanol–water partition coefficient (Wildman–Crippen LogP) is 0.151. The average Bonchev–Trinajstić information content (AvgIpc) is 2.17. The smallest absolute Gasteiger partial charge is 0.147 e. The SMILES string of the molecule is CC(N)c1nc(N)c2c(n1)COCC2. The third-order valence-electron chi connectivity index (χ3n) is 2.28. The molecule has 1 aromatic heterocycles. The maximum atomic E-state index is 5.82. The first-order valence-electron chi connectivity index (χ1n) is 4.67. The van der Waals surface area contributed by atoms with Gasteiger partial charge in [-0.15, -0.1) is 0 Å². The highest BCUT2D eigenvalue weighted by atomic mass is 16.5. The van der Waals surface area contributed by atoms with Crippen LogP contribution in [0.1, 0.15) is 30.0 Å². The molecule has 0 aliphatic carbocycles. The predicted molar refractivity (Wildman–Crippen MR) is 52.4 cm³/mol. The van der Waals surface area contributed by atoms with E-state index in [-0.39, 0.29) is 6.04 Å². The van der Waals surface area contributed by atoms with E-state index >= 15 is 0 Å². The Labute approximate surface area is 82.5 Å². The summed E-state index contributed by atoms with van der Waals surface area (Å²) < 4.78 is 5.30. The van der Waals surface area contributed by atoms with Crippen molar-refractivity contribution in [3.05, 3.63) is 17.1 Å². The van der Waals surface area contributed by atoms with Gasteiger partial charge >= 0.3 is 0 Å². The molecule has 0 saturated heterocycles. The largest absolute Gasteiger partial charge is 0.383 e. The molecule has 0 fully saturated rings. The molecule has 1 atom stereocenters. The molecule has 5 heteroatoms. The number of nitrogens with zero attached hydrogens (tertiary/aromatic N) is 2. The van der Waals surface area contributed by atoms with Crippen LogP contribution in [-0.2, 0) is 17.8 Å². The lowest BCUT2D eigenvalue weighted by Crippen LogP contribution is -2.19. The molecule has 0 aromatic carbocycles. The van der Waals surface area contributed by atoms with Crippen LogP contribution in [0.15, 0.2) is 0 Å². The molecule has 1 aliphatic rings. The van der Waals surface area contributed by atoms with Crippen molar-refractivity contribution < 1.29 is 4.74 Å². The van der Waals surface area contributed by atoms with E-state index in [4.69, 9.17) is 16.2 Å². The van der Waals surface area contributed by atoms with Crippen molar-refractivity contribution in [3.63, 3.8) is 0 Å². The maximum Gasteiger partial charge on any atom is 0.147 e. The van der Waals surface area contributed by atoms with Crippen LogP contribution < -0.4 is 11.5 Å². The van der Waals surface area contributed by atoms with E-state index in [9.17, 15) is 0 Å². The summed E-state index contributed by atoms with van der Waals surface area (Å²) >= 11 is 0. The summed E-state index contributed by atoms with van der Waals surface area (Å²) in [5, 5.41) is 0. The lowest BCUT2D eigenvalue weighted by Gasteiger charge is -2.18. The molecule has 1 aromatic rings. The van der Waals surface area contributed by atoms with E-state index in [1.54, 1.807) is 0 Å². The molecule has 2 heterocycles. The Bertz CT molecular complexity index is 351. The standard InChI is InChI=1S/C9H14N4O/c1-5(10)9-12-7-4-14-3-2-6(7)8(11)13-9/h5H,2-4,10H2,1H3,(H2,11,12,13). The summed E-state index contributed by atoms with van der Waals surface area (Å²) in [6.45, 7) is 3.05. The Morgan fingerprint density at radius 1 is 1.43 bits per heavy atom. The molecule has 14 heavy (non-hydrogen) atoms. The van der Waals surface area contributed by atoms with Gasteiger partial charge < -0.3 is 16.2 Å². The third-order valence-corrected chi connectivity index (χ3v) is 2.28.